The maximum atomic E-state index is 13.3. The van der Waals surface area contributed by atoms with Crippen LogP contribution >= 0.6 is 11.6 Å². The summed E-state index contributed by atoms with van der Waals surface area (Å²) in [6, 6.07) is 14.5. The van der Waals surface area contributed by atoms with Crippen molar-refractivity contribution in [3.05, 3.63) is 76.3 Å². The van der Waals surface area contributed by atoms with E-state index in [-0.39, 0.29) is 19.1 Å². The minimum Gasteiger partial charge on any atom is -0.454 e. The Labute approximate surface area is 194 Å². The lowest BCUT2D eigenvalue weighted by atomic mass is 9.94. The fourth-order valence-electron chi connectivity index (χ4n) is 4.14. The van der Waals surface area contributed by atoms with E-state index in [4.69, 9.17) is 21.1 Å². The molecule has 1 heterocycles. The summed E-state index contributed by atoms with van der Waals surface area (Å²) in [6.07, 6.45) is -3.16. The zero-order valence-corrected chi connectivity index (χ0v) is 18.3. The molecule has 3 aromatic carbocycles. The second-order valence-corrected chi connectivity index (χ2v) is 8.73. The monoisotopic (exact) mass is 475 g/mol. The Morgan fingerprint density at radius 3 is 2.52 bits per heavy atom. The van der Waals surface area contributed by atoms with Gasteiger partial charge in [-0.25, -0.2) is 0 Å². The van der Waals surface area contributed by atoms with E-state index in [0.29, 0.717) is 41.2 Å². The van der Waals surface area contributed by atoms with Crippen LogP contribution in [0.1, 0.15) is 31.0 Å². The van der Waals surface area contributed by atoms with Gasteiger partial charge in [0, 0.05) is 7.11 Å². The minimum absolute atomic E-state index is 0. The van der Waals surface area contributed by atoms with Crippen LogP contribution in [0.5, 0.6) is 11.5 Å². The lowest BCUT2D eigenvalue weighted by Crippen LogP contribution is -2.27. The van der Waals surface area contributed by atoms with Crippen molar-refractivity contribution in [2.24, 2.45) is 0 Å². The number of aryl methyl sites for hydroxylation is 1. The average molecular weight is 476 g/mol. The van der Waals surface area contributed by atoms with Crippen molar-refractivity contribution < 1.29 is 28.9 Å². The van der Waals surface area contributed by atoms with Gasteiger partial charge in [0.15, 0.2) is 11.5 Å². The smallest absolute Gasteiger partial charge is 0.417 e. The molecule has 0 unspecified atom stereocenters. The van der Waals surface area contributed by atoms with Gasteiger partial charge in [0.2, 0.25) is 12.7 Å². The molecule has 33 heavy (non-hydrogen) atoms. The number of hydrogen-bond donors (Lipinski definition) is 1. The Morgan fingerprint density at radius 2 is 1.79 bits per heavy atom. The highest BCUT2D eigenvalue weighted by molar-refractivity contribution is 6.31. The quantitative estimate of drug-likeness (QED) is 0.443. The molecule has 0 bridgehead atoms. The van der Waals surface area contributed by atoms with Crippen LogP contribution in [0, 0.1) is 6.92 Å². The Hall–Kier alpha value is -3.19. The van der Waals surface area contributed by atoms with Gasteiger partial charge in [-0.3, -0.25) is 4.79 Å². The summed E-state index contributed by atoms with van der Waals surface area (Å²) in [5.41, 5.74) is 1.55. The van der Waals surface area contributed by atoms with E-state index in [2.05, 4.69) is 5.32 Å². The third-order valence-corrected chi connectivity index (χ3v) is 6.52. The summed E-state index contributed by atoms with van der Waals surface area (Å²) in [7, 11) is 0. The molecule has 5 rings (SSSR count). The molecule has 1 amide bonds. The van der Waals surface area contributed by atoms with Gasteiger partial charge in [0.1, 0.15) is 0 Å². The van der Waals surface area contributed by atoms with E-state index >= 15 is 0 Å². The standard InChI is InChI=1S/C25H19ClF3NO3.H2/c1-14-2-5-17(12-18(14)15-3-6-20(26)19(10-15)25(27,28)29)30-23(31)24(8-9-24)16-4-7-21-22(11-16)33-13-32-21;/h2-7,10-12H,8-9,13H2,1H3,(H,30,31);1H. The molecule has 4 nitrogen and oxygen atoms in total. The molecule has 1 aliphatic carbocycles. The van der Waals surface area contributed by atoms with Gasteiger partial charge in [-0.1, -0.05) is 29.8 Å². The van der Waals surface area contributed by atoms with Gasteiger partial charge < -0.3 is 14.8 Å². The lowest BCUT2D eigenvalue weighted by Gasteiger charge is -2.18. The van der Waals surface area contributed by atoms with Crippen molar-refractivity contribution >= 4 is 23.2 Å². The van der Waals surface area contributed by atoms with E-state index in [0.717, 1.165) is 17.2 Å². The molecule has 1 saturated carbocycles. The van der Waals surface area contributed by atoms with Gasteiger partial charge in [-0.05, 0) is 78.4 Å². The van der Waals surface area contributed by atoms with Crippen molar-refractivity contribution in [2.45, 2.75) is 31.4 Å². The highest BCUT2D eigenvalue weighted by Gasteiger charge is 2.51. The molecule has 8 heteroatoms. The molecule has 1 fully saturated rings. The number of alkyl halides is 3. The largest absolute Gasteiger partial charge is 0.454 e. The summed E-state index contributed by atoms with van der Waals surface area (Å²) in [5.74, 6) is 1.11. The zero-order chi connectivity index (χ0) is 23.4. The average Bonchev–Trinajstić information content (AvgIpc) is 3.45. The topological polar surface area (TPSA) is 47.6 Å². The number of carbonyl (C=O) groups excluding carboxylic acids is 1. The first-order valence-electron chi connectivity index (χ1n) is 10.4. The third kappa shape index (κ3) is 3.91. The maximum Gasteiger partial charge on any atom is 0.417 e. The molecule has 1 aliphatic heterocycles. The van der Waals surface area contributed by atoms with Gasteiger partial charge in [-0.2, -0.15) is 13.2 Å². The zero-order valence-electron chi connectivity index (χ0n) is 17.6. The first kappa shape index (κ1) is 21.6. The molecule has 0 spiro atoms. The van der Waals surface area contributed by atoms with Gasteiger partial charge in [0.05, 0.1) is 16.0 Å². The molecule has 3 aromatic rings. The normalized spacial score (nSPS) is 15.9. The number of ether oxygens (including phenoxy) is 2. The Kier molecular flexibility index (Phi) is 5.05. The van der Waals surface area contributed by atoms with Crippen molar-refractivity contribution in [1.82, 2.24) is 0 Å². The van der Waals surface area contributed by atoms with E-state index in [1.807, 2.05) is 12.1 Å². The minimum atomic E-state index is -4.56. The van der Waals surface area contributed by atoms with E-state index in [1.165, 1.54) is 6.07 Å². The van der Waals surface area contributed by atoms with Crippen LogP contribution in [0.4, 0.5) is 18.9 Å². The van der Waals surface area contributed by atoms with E-state index < -0.39 is 17.2 Å². The van der Waals surface area contributed by atoms with Crippen molar-refractivity contribution in [1.29, 1.82) is 0 Å². The van der Waals surface area contributed by atoms with Crippen LogP contribution in [-0.2, 0) is 16.4 Å². The third-order valence-electron chi connectivity index (χ3n) is 6.19. The molecule has 0 aromatic heterocycles. The highest BCUT2D eigenvalue weighted by atomic mass is 35.5. The molecule has 2 aliphatic rings. The van der Waals surface area contributed by atoms with Crippen molar-refractivity contribution in [3.8, 4) is 22.6 Å². The number of anilines is 1. The fraction of sp³-hybridized carbons (Fsp3) is 0.240. The highest BCUT2D eigenvalue weighted by Crippen LogP contribution is 2.51. The Morgan fingerprint density at radius 1 is 1.03 bits per heavy atom. The first-order chi connectivity index (χ1) is 15.7. The number of halogens is 4. The number of carbonyl (C=O) groups is 1. The molecular formula is C25H21ClF3NO3. The SMILES string of the molecule is Cc1ccc(NC(=O)C2(c3ccc4c(c3)OCO4)CC2)cc1-c1ccc(Cl)c(C(F)(F)F)c1.[HH]. The predicted octanol–water partition coefficient (Wildman–Crippen LogP) is 6.98. The number of fused-ring (bicyclic) bond motifs is 1. The van der Waals surface area contributed by atoms with Gasteiger partial charge >= 0.3 is 6.18 Å². The molecule has 0 atom stereocenters. The van der Waals surface area contributed by atoms with Crippen LogP contribution in [0.3, 0.4) is 0 Å². The van der Waals surface area contributed by atoms with E-state index in [1.54, 1.807) is 37.3 Å². The number of nitrogens with one attached hydrogen (secondary N) is 1. The molecule has 172 valence electrons. The number of rotatable bonds is 4. The van der Waals surface area contributed by atoms with Crippen LogP contribution in [-0.4, -0.2) is 12.7 Å². The summed E-state index contributed by atoms with van der Waals surface area (Å²) >= 11 is 5.77. The Bertz CT molecular complexity index is 1270. The van der Waals surface area contributed by atoms with E-state index in [9.17, 15) is 18.0 Å². The van der Waals surface area contributed by atoms with Crippen LogP contribution in [0.25, 0.3) is 11.1 Å². The summed E-state index contributed by atoms with van der Waals surface area (Å²) in [5, 5.41) is 2.59. The molecule has 0 saturated heterocycles. The van der Waals surface area contributed by atoms with Gasteiger partial charge in [-0.15, -0.1) is 0 Å². The summed E-state index contributed by atoms with van der Waals surface area (Å²) in [6.45, 7) is 1.96. The lowest BCUT2D eigenvalue weighted by molar-refractivity contribution is -0.137. The second kappa shape index (κ2) is 7.70. The number of hydrogen-bond acceptors (Lipinski definition) is 3. The Balaban J connectivity index is 0.00000274. The van der Waals surface area contributed by atoms with Gasteiger partial charge in [0.25, 0.3) is 0 Å². The van der Waals surface area contributed by atoms with Crippen molar-refractivity contribution in [3.63, 3.8) is 0 Å². The maximum absolute atomic E-state index is 13.3. The molecular weight excluding hydrogens is 455 g/mol. The second-order valence-electron chi connectivity index (χ2n) is 8.33. The van der Waals surface area contributed by atoms with Crippen LogP contribution in [0.2, 0.25) is 5.02 Å². The van der Waals surface area contributed by atoms with Crippen LogP contribution in [0.15, 0.2) is 54.6 Å². The first-order valence-corrected chi connectivity index (χ1v) is 10.7. The number of benzene rings is 3. The summed E-state index contributed by atoms with van der Waals surface area (Å²) in [4.78, 5) is 13.2. The number of amides is 1. The van der Waals surface area contributed by atoms with Crippen LogP contribution < -0.4 is 14.8 Å². The van der Waals surface area contributed by atoms with Crippen molar-refractivity contribution in [2.75, 3.05) is 12.1 Å². The molecule has 1 N–H and O–H groups in total. The molecule has 0 radical (unpaired) electrons. The summed E-state index contributed by atoms with van der Waals surface area (Å²) < 4.78 is 50.7. The fourth-order valence-corrected chi connectivity index (χ4v) is 4.36. The predicted molar refractivity (Wildman–Crippen MR) is 121 cm³/mol.